The predicted octanol–water partition coefficient (Wildman–Crippen LogP) is 2.82. The summed E-state index contributed by atoms with van der Waals surface area (Å²) in [7, 11) is 0. The Morgan fingerprint density at radius 3 is 2.57 bits per heavy atom. The van der Waals surface area contributed by atoms with Crippen molar-refractivity contribution in [3.8, 4) is 5.69 Å². The summed E-state index contributed by atoms with van der Waals surface area (Å²) in [6.45, 7) is 1.60. The molecule has 0 atom stereocenters. The minimum Gasteiger partial charge on any atom is -0.349 e. The van der Waals surface area contributed by atoms with E-state index in [9.17, 15) is 18.8 Å². The number of nitrogens with one attached hydrogen (secondary N) is 2. The van der Waals surface area contributed by atoms with Crippen LogP contribution in [-0.2, 0) is 0 Å². The van der Waals surface area contributed by atoms with Crippen LogP contribution in [0.3, 0.4) is 0 Å². The Morgan fingerprint density at radius 1 is 1.07 bits per heavy atom. The van der Waals surface area contributed by atoms with Crippen LogP contribution in [-0.4, -0.2) is 27.6 Å². The van der Waals surface area contributed by atoms with Crippen LogP contribution in [0.5, 0.6) is 0 Å². The first-order valence-corrected chi connectivity index (χ1v) is 9.50. The third-order valence-corrected chi connectivity index (χ3v) is 4.70. The zero-order valence-electron chi connectivity index (χ0n) is 16.2. The van der Waals surface area contributed by atoms with Crippen LogP contribution < -0.4 is 16.1 Å². The van der Waals surface area contributed by atoms with Gasteiger partial charge in [-0.3, -0.25) is 14.4 Å². The van der Waals surface area contributed by atoms with Crippen LogP contribution in [0, 0.1) is 12.7 Å². The molecule has 7 nitrogen and oxygen atoms in total. The van der Waals surface area contributed by atoms with Crippen LogP contribution >= 0.6 is 0 Å². The molecule has 0 radical (unpaired) electrons. The summed E-state index contributed by atoms with van der Waals surface area (Å²) in [5, 5.41) is 9.54. The zero-order valence-corrected chi connectivity index (χ0v) is 16.2. The molecule has 1 aliphatic rings. The normalized spacial score (nSPS) is 13.0. The number of halogens is 1. The van der Waals surface area contributed by atoms with Gasteiger partial charge in [0.1, 0.15) is 11.5 Å². The fraction of sp³-hybridized carbons (Fsp3) is 0.182. The van der Waals surface area contributed by atoms with E-state index in [1.54, 1.807) is 31.2 Å². The average Bonchev–Trinajstić information content (AvgIpc) is 3.53. The number of carbonyl (C=O) groups excluding carboxylic acids is 2. The highest BCUT2D eigenvalue weighted by Crippen LogP contribution is 2.20. The third kappa shape index (κ3) is 4.12. The number of hydrogen-bond acceptors (Lipinski definition) is 4. The van der Waals surface area contributed by atoms with E-state index in [4.69, 9.17) is 0 Å². The maximum atomic E-state index is 14.2. The number of benzene rings is 2. The summed E-state index contributed by atoms with van der Waals surface area (Å²) < 4.78 is 15.4. The van der Waals surface area contributed by atoms with E-state index in [-0.39, 0.29) is 23.3 Å². The Balaban J connectivity index is 1.61. The lowest BCUT2D eigenvalue weighted by molar-refractivity contribution is 0.0949. The number of nitrogens with zero attached hydrogens (tertiary/aromatic N) is 2. The van der Waals surface area contributed by atoms with Crippen molar-refractivity contribution in [3.63, 3.8) is 0 Å². The molecule has 0 unspecified atom stereocenters. The van der Waals surface area contributed by atoms with Gasteiger partial charge < -0.3 is 10.6 Å². The Bertz CT molecular complexity index is 1200. The lowest BCUT2D eigenvalue weighted by Crippen LogP contribution is -2.27. The van der Waals surface area contributed by atoms with Gasteiger partial charge in [0.05, 0.1) is 0 Å². The van der Waals surface area contributed by atoms with Gasteiger partial charge in [-0.05, 0) is 50.1 Å². The minimum atomic E-state index is -0.746. The van der Waals surface area contributed by atoms with Crippen LogP contribution in [0.15, 0.2) is 59.4 Å². The summed E-state index contributed by atoms with van der Waals surface area (Å²) in [6, 6.07) is 13.8. The van der Waals surface area contributed by atoms with Crippen molar-refractivity contribution in [1.29, 1.82) is 0 Å². The quantitative estimate of drug-likeness (QED) is 0.681. The summed E-state index contributed by atoms with van der Waals surface area (Å²) in [5.74, 6) is -1.49. The lowest BCUT2D eigenvalue weighted by Gasteiger charge is -2.12. The first-order valence-electron chi connectivity index (χ1n) is 9.50. The molecular weight excluding hydrogens is 387 g/mol. The highest BCUT2D eigenvalue weighted by molar-refractivity contribution is 6.03. The SMILES string of the molecule is Cc1cc(=O)c(C(=O)Nc2cccc(C(=O)NC3CC3)c2)nn1-c1ccccc1F. The van der Waals surface area contributed by atoms with Crippen molar-refractivity contribution in [1.82, 2.24) is 15.1 Å². The molecule has 0 bridgehead atoms. The fourth-order valence-electron chi connectivity index (χ4n) is 3.00. The highest BCUT2D eigenvalue weighted by atomic mass is 19.1. The van der Waals surface area contributed by atoms with Crippen molar-refractivity contribution in [3.05, 3.63) is 87.6 Å². The second-order valence-electron chi connectivity index (χ2n) is 7.14. The van der Waals surface area contributed by atoms with Crippen LogP contribution in [0.4, 0.5) is 10.1 Å². The summed E-state index contributed by atoms with van der Waals surface area (Å²) in [5.41, 5.74) is 0.308. The van der Waals surface area contributed by atoms with Gasteiger partial charge >= 0.3 is 0 Å². The minimum absolute atomic E-state index is 0.128. The van der Waals surface area contributed by atoms with Gasteiger partial charge in [0.15, 0.2) is 5.69 Å². The molecule has 0 spiro atoms. The highest BCUT2D eigenvalue weighted by Gasteiger charge is 2.24. The second-order valence-corrected chi connectivity index (χ2v) is 7.14. The molecule has 2 N–H and O–H groups in total. The molecule has 2 aromatic carbocycles. The van der Waals surface area contributed by atoms with Gasteiger partial charge in [-0.25, -0.2) is 9.07 Å². The van der Waals surface area contributed by atoms with E-state index >= 15 is 0 Å². The number of aryl methyl sites for hydroxylation is 1. The van der Waals surface area contributed by atoms with Gasteiger partial charge in [-0.15, -0.1) is 0 Å². The first kappa shape index (κ1) is 19.5. The van der Waals surface area contributed by atoms with Crippen molar-refractivity contribution < 1.29 is 14.0 Å². The monoisotopic (exact) mass is 406 g/mol. The van der Waals surface area contributed by atoms with Gasteiger partial charge in [0, 0.05) is 29.1 Å². The molecule has 3 aromatic rings. The maximum absolute atomic E-state index is 14.2. The number of anilines is 1. The van der Waals surface area contributed by atoms with E-state index in [0.29, 0.717) is 16.9 Å². The fourth-order valence-corrected chi connectivity index (χ4v) is 3.00. The number of rotatable bonds is 5. The largest absolute Gasteiger partial charge is 0.349 e. The van der Waals surface area contributed by atoms with E-state index < -0.39 is 17.2 Å². The molecule has 1 heterocycles. The Kier molecular flexibility index (Phi) is 5.14. The first-order chi connectivity index (χ1) is 14.4. The van der Waals surface area contributed by atoms with Crippen molar-refractivity contribution in [2.24, 2.45) is 0 Å². The molecule has 30 heavy (non-hydrogen) atoms. The number of para-hydroxylation sites is 1. The van der Waals surface area contributed by atoms with Gasteiger partial charge in [0.2, 0.25) is 5.43 Å². The third-order valence-electron chi connectivity index (χ3n) is 4.70. The molecule has 1 aliphatic carbocycles. The molecule has 4 rings (SSSR count). The number of amides is 2. The molecule has 1 aromatic heterocycles. The van der Waals surface area contributed by atoms with Crippen molar-refractivity contribution >= 4 is 17.5 Å². The van der Waals surface area contributed by atoms with Crippen LogP contribution in [0.25, 0.3) is 5.69 Å². The standard InChI is InChI=1S/C22H19FN4O3/c1-13-11-19(28)20(26-27(13)18-8-3-2-7-17(18)23)22(30)25-16-6-4-5-14(12-16)21(29)24-15-9-10-15/h2-8,11-12,15H,9-10H2,1H3,(H,24,29)(H,25,30). The maximum Gasteiger partial charge on any atom is 0.280 e. The lowest BCUT2D eigenvalue weighted by atomic mass is 10.2. The number of hydrogen-bond donors (Lipinski definition) is 2. The smallest absolute Gasteiger partial charge is 0.280 e. The Morgan fingerprint density at radius 2 is 1.83 bits per heavy atom. The molecule has 0 aliphatic heterocycles. The van der Waals surface area contributed by atoms with Gasteiger partial charge in [-0.1, -0.05) is 18.2 Å². The zero-order chi connectivity index (χ0) is 21.3. The molecule has 8 heteroatoms. The number of carbonyl (C=O) groups is 2. The Labute approximate surface area is 171 Å². The van der Waals surface area contributed by atoms with E-state index in [1.165, 1.54) is 35.0 Å². The molecular formula is C22H19FN4O3. The van der Waals surface area contributed by atoms with E-state index in [1.807, 2.05) is 0 Å². The average molecular weight is 406 g/mol. The van der Waals surface area contributed by atoms with Gasteiger partial charge in [-0.2, -0.15) is 5.10 Å². The van der Waals surface area contributed by atoms with Crippen LogP contribution in [0.2, 0.25) is 0 Å². The van der Waals surface area contributed by atoms with Crippen molar-refractivity contribution in [2.45, 2.75) is 25.8 Å². The van der Waals surface area contributed by atoms with E-state index in [0.717, 1.165) is 12.8 Å². The second kappa shape index (κ2) is 7.90. The molecule has 1 saturated carbocycles. The van der Waals surface area contributed by atoms with Crippen LogP contribution in [0.1, 0.15) is 39.4 Å². The predicted molar refractivity (Wildman–Crippen MR) is 109 cm³/mol. The van der Waals surface area contributed by atoms with Gasteiger partial charge in [0.25, 0.3) is 11.8 Å². The topological polar surface area (TPSA) is 93.1 Å². The summed E-state index contributed by atoms with van der Waals surface area (Å²) >= 11 is 0. The molecule has 2 amide bonds. The molecule has 0 saturated heterocycles. The Hall–Kier alpha value is -3.81. The summed E-state index contributed by atoms with van der Waals surface area (Å²) in [4.78, 5) is 37.3. The summed E-state index contributed by atoms with van der Waals surface area (Å²) in [6.07, 6.45) is 1.94. The van der Waals surface area contributed by atoms with Crippen molar-refractivity contribution in [2.75, 3.05) is 5.32 Å². The molecule has 1 fully saturated rings. The van der Waals surface area contributed by atoms with E-state index in [2.05, 4.69) is 15.7 Å². The number of aromatic nitrogens is 2. The molecule has 152 valence electrons.